The molecule has 1 N–H and O–H groups in total. The van der Waals surface area contributed by atoms with Crippen molar-refractivity contribution in [3.63, 3.8) is 0 Å². The van der Waals surface area contributed by atoms with Crippen molar-refractivity contribution in [1.82, 2.24) is 10.2 Å². The number of amides is 1. The third-order valence-corrected chi connectivity index (χ3v) is 4.30. The lowest BCUT2D eigenvalue weighted by Gasteiger charge is -2.39. The topological polar surface area (TPSA) is 32.3 Å². The van der Waals surface area contributed by atoms with E-state index in [2.05, 4.69) is 17.1 Å². The van der Waals surface area contributed by atoms with Gasteiger partial charge in [-0.15, -0.1) is 0 Å². The Morgan fingerprint density at radius 3 is 2.41 bits per heavy atom. The van der Waals surface area contributed by atoms with Crippen LogP contribution in [0, 0.1) is 0 Å². The first-order chi connectivity index (χ1) is 10.2. The predicted molar refractivity (Wildman–Crippen MR) is 78.7 cm³/mol. The third kappa shape index (κ3) is 3.80. The largest absolute Gasteiger partial charge is 0.417 e. The number of rotatable bonds is 3. The fourth-order valence-electron chi connectivity index (χ4n) is 2.76. The summed E-state index contributed by atoms with van der Waals surface area (Å²) in [5.41, 5.74) is -1.65. The standard InChI is InChI=1S/C16H21F3N2O/c1-3-21-10-8-15(2,9-11-21)20-14(22)12-6-4-5-7-13(12)16(17,18)19/h4-7H,3,8-11H2,1-2H3,(H,20,22). The van der Waals surface area contributed by atoms with Crippen LogP contribution in [-0.2, 0) is 6.18 Å². The number of piperidine rings is 1. The molecule has 122 valence electrons. The molecule has 1 aliphatic rings. The highest BCUT2D eigenvalue weighted by molar-refractivity contribution is 5.96. The summed E-state index contributed by atoms with van der Waals surface area (Å²) in [5, 5.41) is 2.80. The monoisotopic (exact) mass is 314 g/mol. The molecule has 1 aliphatic heterocycles. The second kappa shape index (κ2) is 6.28. The molecule has 1 aromatic carbocycles. The van der Waals surface area contributed by atoms with Crippen LogP contribution < -0.4 is 5.32 Å². The fourth-order valence-corrected chi connectivity index (χ4v) is 2.76. The van der Waals surface area contributed by atoms with Gasteiger partial charge in [-0.25, -0.2) is 0 Å². The quantitative estimate of drug-likeness (QED) is 0.928. The van der Waals surface area contributed by atoms with E-state index in [1.54, 1.807) is 0 Å². The normalized spacial score (nSPS) is 19.0. The van der Waals surface area contributed by atoms with Gasteiger partial charge in [-0.1, -0.05) is 19.1 Å². The van der Waals surface area contributed by atoms with Crippen LogP contribution in [0.2, 0.25) is 0 Å². The molecule has 3 nitrogen and oxygen atoms in total. The van der Waals surface area contributed by atoms with Gasteiger partial charge in [0.25, 0.3) is 5.91 Å². The molecule has 2 rings (SSSR count). The molecule has 0 unspecified atom stereocenters. The Morgan fingerprint density at radius 1 is 1.27 bits per heavy atom. The summed E-state index contributed by atoms with van der Waals surface area (Å²) in [6, 6.07) is 4.91. The second-order valence-corrected chi connectivity index (χ2v) is 5.99. The lowest BCUT2D eigenvalue weighted by molar-refractivity contribution is -0.138. The maximum atomic E-state index is 13.0. The third-order valence-electron chi connectivity index (χ3n) is 4.30. The summed E-state index contributed by atoms with van der Waals surface area (Å²) in [6.07, 6.45) is -3.05. The van der Waals surface area contributed by atoms with E-state index >= 15 is 0 Å². The molecule has 1 aromatic rings. The highest BCUT2D eigenvalue weighted by Crippen LogP contribution is 2.32. The zero-order chi connectivity index (χ0) is 16.4. The van der Waals surface area contributed by atoms with Gasteiger partial charge < -0.3 is 10.2 Å². The molecule has 0 radical (unpaired) electrons. The summed E-state index contributed by atoms with van der Waals surface area (Å²) in [7, 11) is 0. The molecule has 22 heavy (non-hydrogen) atoms. The summed E-state index contributed by atoms with van der Waals surface area (Å²) in [6.45, 7) is 6.60. The van der Waals surface area contributed by atoms with E-state index in [0.717, 1.165) is 38.5 Å². The van der Waals surface area contributed by atoms with Crippen LogP contribution in [0.15, 0.2) is 24.3 Å². The van der Waals surface area contributed by atoms with E-state index in [1.165, 1.54) is 18.2 Å². The fraction of sp³-hybridized carbons (Fsp3) is 0.562. The van der Waals surface area contributed by atoms with Crippen LogP contribution in [0.1, 0.15) is 42.6 Å². The van der Waals surface area contributed by atoms with E-state index in [0.29, 0.717) is 0 Å². The Kier molecular flexibility index (Phi) is 4.80. The van der Waals surface area contributed by atoms with E-state index in [-0.39, 0.29) is 5.56 Å². The number of carbonyl (C=O) groups excluding carboxylic acids is 1. The van der Waals surface area contributed by atoms with Crippen molar-refractivity contribution >= 4 is 5.91 Å². The molecule has 1 saturated heterocycles. The van der Waals surface area contributed by atoms with Gasteiger partial charge in [0.15, 0.2) is 0 Å². The lowest BCUT2D eigenvalue weighted by atomic mass is 9.89. The van der Waals surface area contributed by atoms with Gasteiger partial charge in [0, 0.05) is 18.6 Å². The molecule has 1 heterocycles. The zero-order valence-electron chi connectivity index (χ0n) is 12.8. The molecule has 0 atom stereocenters. The van der Waals surface area contributed by atoms with Gasteiger partial charge in [-0.3, -0.25) is 4.79 Å². The number of nitrogens with one attached hydrogen (secondary N) is 1. The van der Waals surface area contributed by atoms with Crippen LogP contribution >= 0.6 is 0 Å². The minimum absolute atomic E-state index is 0.311. The number of carbonyl (C=O) groups is 1. The minimum Gasteiger partial charge on any atom is -0.347 e. The summed E-state index contributed by atoms with van der Waals surface area (Å²) in [4.78, 5) is 14.6. The Bertz CT molecular complexity index is 534. The number of benzene rings is 1. The molecule has 0 bridgehead atoms. The van der Waals surface area contributed by atoms with Gasteiger partial charge in [-0.05, 0) is 38.4 Å². The average molecular weight is 314 g/mol. The van der Waals surface area contributed by atoms with Crippen LogP contribution in [0.4, 0.5) is 13.2 Å². The zero-order valence-corrected chi connectivity index (χ0v) is 12.8. The molecular formula is C16H21F3N2O. The molecular weight excluding hydrogens is 293 g/mol. The van der Waals surface area contributed by atoms with Crippen LogP contribution in [0.5, 0.6) is 0 Å². The maximum absolute atomic E-state index is 13.0. The Morgan fingerprint density at radius 2 is 1.86 bits per heavy atom. The second-order valence-electron chi connectivity index (χ2n) is 5.99. The van der Waals surface area contributed by atoms with E-state index in [1.807, 2.05) is 6.92 Å². The Labute approximate surface area is 128 Å². The lowest BCUT2D eigenvalue weighted by Crippen LogP contribution is -2.53. The Balaban J connectivity index is 2.13. The number of nitrogens with zero attached hydrogens (tertiary/aromatic N) is 1. The summed E-state index contributed by atoms with van der Waals surface area (Å²) < 4.78 is 39.0. The van der Waals surface area contributed by atoms with E-state index in [9.17, 15) is 18.0 Å². The minimum atomic E-state index is -4.53. The van der Waals surface area contributed by atoms with Crippen molar-refractivity contribution in [3.8, 4) is 0 Å². The highest BCUT2D eigenvalue weighted by Gasteiger charge is 2.37. The molecule has 0 saturated carbocycles. The molecule has 0 spiro atoms. The number of hydrogen-bond acceptors (Lipinski definition) is 2. The van der Waals surface area contributed by atoms with E-state index < -0.39 is 23.2 Å². The van der Waals surface area contributed by atoms with Crippen molar-refractivity contribution in [2.75, 3.05) is 19.6 Å². The van der Waals surface area contributed by atoms with Crippen LogP contribution in [0.3, 0.4) is 0 Å². The molecule has 1 fully saturated rings. The van der Waals surface area contributed by atoms with Gasteiger partial charge in [-0.2, -0.15) is 13.2 Å². The van der Waals surface area contributed by atoms with Crippen molar-refractivity contribution < 1.29 is 18.0 Å². The van der Waals surface area contributed by atoms with Crippen LogP contribution in [-0.4, -0.2) is 36.0 Å². The van der Waals surface area contributed by atoms with Crippen molar-refractivity contribution in [2.45, 2.75) is 38.4 Å². The number of hydrogen-bond donors (Lipinski definition) is 1. The predicted octanol–water partition coefficient (Wildman–Crippen LogP) is 3.31. The number of alkyl halides is 3. The van der Waals surface area contributed by atoms with E-state index in [4.69, 9.17) is 0 Å². The van der Waals surface area contributed by atoms with Crippen molar-refractivity contribution in [1.29, 1.82) is 0 Å². The highest BCUT2D eigenvalue weighted by atomic mass is 19.4. The first-order valence-electron chi connectivity index (χ1n) is 7.46. The summed E-state index contributed by atoms with van der Waals surface area (Å²) in [5.74, 6) is -0.652. The van der Waals surface area contributed by atoms with Crippen LogP contribution in [0.25, 0.3) is 0 Å². The molecule has 1 amide bonds. The van der Waals surface area contributed by atoms with Crippen molar-refractivity contribution in [2.24, 2.45) is 0 Å². The molecule has 6 heteroatoms. The molecule has 0 aromatic heterocycles. The van der Waals surface area contributed by atoms with Gasteiger partial charge in [0.2, 0.25) is 0 Å². The molecule has 0 aliphatic carbocycles. The van der Waals surface area contributed by atoms with Gasteiger partial charge in [0.05, 0.1) is 11.1 Å². The first kappa shape index (κ1) is 16.8. The SMILES string of the molecule is CCN1CCC(C)(NC(=O)c2ccccc2C(F)(F)F)CC1. The smallest absolute Gasteiger partial charge is 0.347 e. The van der Waals surface area contributed by atoms with Gasteiger partial charge in [0.1, 0.15) is 0 Å². The average Bonchev–Trinajstić information content (AvgIpc) is 2.47. The maximum Gasteiger partial charge on any atom is 0.417 e. The number of likely N-dealkylation sites (tertiary alicyclic amines) is 1. The summed E-state index contributed by atoms with van der Waals surface area (Å²) >= 11 is 0. The van der Waals surface area contributed by atoms with Crippen molar-refractivity contribution in [3.05, 3.63) is 35.4 Å². The van der Waals surface area contributed by atoms with Gasteiger partial charge >= 0.3 is 6.18 Å². The number of halogens is 3. The Hall–Kier alpha value is -1.56. The first-order valence-corrected chi connectivity index (χ1v) is 7.46.